The van der Waals surface area contributed by atoms with E-state index in [0.29, 0.717) is 0 Å². The number of fused-ring (bicyclic) bond motifs is 7. The van der Waals surface area contributed by atoms with E-state index in [2.05, 4.69) is 102 Å². The molecule has 0 unspecified atom stereocenters. The highest BCUT2D eigenvalue weighted by Crippen LogP contribution is 2.24. The molecular formula is C25H26IN3. The molecule has 0 aliphatic heterocycles. The number of hydrogen-bond donors (Lipinski definition) is 0. The highest BCUT2D eigenvalue weighted by molar-refractivity contribution is 5.86. The minimum Gasteiger partial charge on any atom is -1.00 e. The summed E-state index contributed by atoms with van der Waals surface area (Å²) in [4.78, 5) is 2.15. The molecule has 0 radical (unpaired) electrons. The van der Waals surface area contributed by atoms with Gasteiger partial charge in [0.2, 0.25) is 0 Å². The van der Waals surface area contributed by atoms with E-state index in [4.69, 9.17) is 0 Å². The first-order chi connectivity index (χ1) is 13.7. The normalized spacial score (nSPS) is 11.4. The van der Waals surface area contributed by atoms with Crippen molar-refractivity contribution < 1.29 is 28.4 Å². The molecule has 5 rings (SSSR count). The fraction of sp³-hybridized carbons (Fsp3) is 0.240. The first-order valence-corrected chi connectivity index (χ1v) is 10.1. The molecule has 0 saturated carbocycles. The van der Waals surface area contributed by atoms with Crippen LogP contribution in [0.15, 0.2) is 66.9 Å². The van der Waals surface area contributed by atoms with Crippen molar-refractivity contribution in [1.82, 2.24) is 4.40 Å². The van der Waals surface area contributed by atoms with Crippen LogP contribution in [0.2, 0.25) is 0 Å². The van der Waals surface area contributed by atoms with Gasteiger partial charge in [-0.2, -0.15) is 8.80 Å². The van der Waals surface area contributed by atoms with Gasteiger partial charge in [0, 0.05) is 36.6 Å². The maximum Gasteiger partial charge on any atom is 0.292 e. The molecule has 148 valence electrons. The number of unbranched alkanes of at least 4 members (excludes halogenated alkanes) is 1. The van der Waals surface area contributed by atoms with Gasteiger partial charge in [0.1, 0.15) is 17.2 Å². The standard InChI is InChI=1S/C25H26N3.HI/c1-4-5-6-18-7-12-24-19(15-18)8-10-22-17-27-23-13-11-21(26(2)3)16-20(23)9-14-25(27)28(22)24;/h7-17H,4-6H2,1-3H3;1H/q+1;/p-1. The Hall–Kier alpha value is -2.34. The molecule has 4 heteroatoms. The summed E-state index contributed by atoms with van der Waals surface area (Å²) in [5.74, 6) is 0. The lowest BCUT2D eigenvalue weighted by Gasteiger charge is -2.12. The summed E-state index contributed by atoms with van der Waals surface area (Å²) >= 11 is 0. The molecule has 3 heterocycles. The Kier molecular flexibility index (Phi) is 5.38. The number of imidazole rings is 1. The van der Waals surface area contributed by atoms with Crippen LogP contribution in [-0.4, -0.2) is 18.5 Å². The molecule has 29 heavy (non-hydrogen) atoms. The second-order valence-corrected chi connectivity index (χ2v) is 7.92. The molecule has 3 nitrogen and oxygen atoms in total. The van der Waals surface area contributed by atoms with E-state index in [-0.39, 0.29) is 24.0 Å². The zero-order valence-corrected chi connectivity index (χ0v) is 19.3. The average Bonchev–Trinajstić information content (AvgIpc) is 3.11. The molecule has 0 spiro atoms. The molecule has 0 fully saturated rings. The maximum atomic E-state index is 2.37. The highest BCUT2D eigenvalue weighted by Gasteiger charge is 2.17. The molecule has 0 saturated heterocycles. The summed E-state index contributed by atoms with van der Waals surface area (Å²) in [5, 5.41) is 2.56. The van der Waals surface area contributed by atoms with Crippen molar-refractivity contribution in [3.8, 4) is 0 Å². The third-order valence-electron chi connectivity index (χ3n) is 5.78. The third kappa shape index (κ3) is 3.33. The van der Waals surface area contributed by atoms with Gasteiger partial charge in [-0.3, -0.25) is 0 Å². The first kappa shape index (κ1) is 20.0. The fourth-order valence-electron chi connectivity index (χ4n) is 4.21. The summed E-state index contributed by atoms with van der Waals surface area (Å²) in [6.45, 7) is 2.25. The Morgan fingerprint density at radius 3 is 2.52 bits per heavy atom. The van der Waals surface area contributed by atoms with Crippen LogP contribution >= 0.6 is 0 Å². The second-order valence-electron chi connectivity index (χ2n) is 7.92. The number of aryl methyl sites for hydroxylation is 1. The molecule has 3 aromatic heterocycles. The van der Waals surface area contributed by atoms with E-state index < -0.39 is 0 Å². The number of aromatic nitrogens is 2. The van der Waals surface area contributed by atoms with Crippen LogP contribution in [0, 0.1) is 0 Å². The van der Waals surface area contributed by atoms with E-state index in [9.17, 15) is 0 Å². The Balaban J connectivity index is 0.00000205. The Morgan fingerprint density at radius 2 is 1.72 bits per heavy atom. The quantitative estimate of drug-likeness (QED) is 0.276. The molecule has 0 atom stereocenters. The van der Waals surface area contributed by atoms with Gasteiger partial charge in [-0.1, -0.05) is 19.4 Å². The third-order valence-corrected chi connectivity index (χ3v) is 5.78. The van der Waals surface area contributed by atoms with Crippen molar-refractivity contribution in [3.05, 3.63) is 72.4 Å². The Labute approximate surface area is 188 Å². The monoisotopic (exact) mass is 495 g/mol. The number of pyridine rings is 2. The van der Waals surface area contributed by atoms with Crippen LogP contribution < -0.4 is 33.3 Å². The van der Waals surface area contributed by atoms with Gasteiger partial charge < -0.3 is 28.9 Å². The molecule has 5 aromatic rings. The van der Waals surface area contributed by atoms with Crippen molar-refractivity contribution in [3.63, 3.8) is 0 Å². The van der Waals surface area contributed by atoms with Crippen LogP contribution in [0.1, 0.15) is 25.3 Å². The van der Waals surface area contributed by atoms with E-state index >= 15 is 0 Å². The van der Waals surface area contributed by atoms with Crippen molar-refractivity contribution >= 4 is 38.7 Å². The minimum absolute atomic E-state index is 0. The van der Waals surface area contributed by atoms with E-state index in [1.54, 1.807) is 0 Å². The molecule has 0 bridgehead atoms. The van der Waals surface area contributed by atoms with Crippen molar-refractivity contribution in [2.24, 2.45) is 0 Å². The topological polar surface area (TPSA) is 11.8 Å². The lowest BCUT2D eigenvalue weighted by molar-refractivity contribution is -0.479. The summed E-state index contributed by atoms with van der Waals surface area (Å²) in [6.07, 6.45) is 5.89. The molecule has 0 aliphatic rings. The summed E-state index contributed by atoms with van der Waals surface area (Å²) < 4.78 is 4.69. The van der Waals surface area contributed by atoms with Gasteiger partial charge in [-0.15, -0.1) is 0 Å². The first-order valence-electron chi connectivity index (χ1n) is 10.1. The minimum atomic E-state index is 0. The van der Waals surface area contributed by atoms with Crippen LogP contribution in [0.5, 0.6) is 0 Å². The highest BCUT2D eigenvalue weighted by atomic mass is 127. The smallest absolute Gasteiger partial charge is 0.292 e. The van der Waals surface area contributed by atoms with Gasteiger partial charge >= 0.3 is 0 Å². The van der Waals surface area contributed by atoms with E-state index in [0.717, 1.165) is 6.42 Å². The predicted molar refractivity (Wildman–Crippen MR) is 119 cm³/mol. The predicted octanol–water partition coefficient (Wildman–Crippen LogP) is 2.40. The number of benzene rings is 2. The van der Waals surface area contributed by atoms with Gasteiger partial charge in [0.15, 0.2) is 5.52 Å². The summed E-state index contributed by atoms with van der Waals surface area (Å²) in [5.41, 5.74) is 7.58. The molecule has 2 aromatic carbocycles. The fourth-order valence-corrected chi connectivity index (χ4v) is 4.21. The molecular weight excluding hydrogens is 469 g/mol. The van der Waals surface area contributed by atoms with Crippen LogP contribution in [0.4, 0.5) is 5.69 Å². The summed E-state index contributed by atoms with van der Waals surface area (Å²) in [6, 6.07) is 22.6. The number of nitrogens with zero attached hydrogens (tertiary/aromatic N) is 3. The molecule has 0 amide bonds. The van der Waals surface area contributed by atoms with Crippen LogP contribution in [-0.2, 0) is 6.42 Å². The number of hydrogen-bond acceptors (Lipinski definition) is 1. The summed E-state index contributed by atoms with van der Waals surface area (Å²) in [7, 11) is 4.17. The SMILES string of the molecule is CCCCc1ccc2c(ccc3c[n+]4c5ccc(N(C)C)cc5ccc4n32)c1.[I-]. The van der Waals surface area contributed by atoms with Gasteiger partial charge in [0.25, 0.3) is 5.65 Å². The van der Waals surface area contributed by atoms with Crippen molar-refractivity contribution in [1.29, 1.82) is 0 Å². The molecule has 0 aliphatic carbocycles. The Bertz CT molecular complexity index is 1330. The van der Waals surface area contributed by atoms with Gasteiger partial charge in [-0.05, 0) is 66.9 Å². The largest absolute Gasteiger partial charge is 1.00 e. The van der Waals surface area contributed by atoms with Crippen molar-refractivity contribution in [2.45, 2.75) is 26.2 Å². The van der Waals surface area contributed by atoms with E-state index in [1.807, 2.05) is 0 Å². The van der Waals surface area contributed by atoms with E-state index in [1.165, 1.54) is 57.1 Å². The molecule has 0 N–H and O–H groups in total. The van der Waals surface area contributed by atoms with Gasteiger partial charge in [0.05, 0.1) is 0 Å². The second kappa shape index (κ2) is 7.82. The Morgan fingerprint density at radius 1 is 0.897 bits per heavy atom. The zero-order chi connectivity index (χ0) is 19.3. The average molecular weight is 495 g/mol. The number of halogens is 1. The van der Waals surface area contributed by atoms with Crippen molar-refractivity contribution in [2.75, 3.05) is 19.0 Å². The lowest BCUT2D eigenvalue weighted by atomic mass is 10.1. The zero-order valence-electron chi connectivity index (χ0n) is 17.2. The number of anilines is 1. The number of rotatable bonds is 4. The lowest BCUT2D eigenvalue weighted by Crippen LogP contribution is -3.00. The van der Waals surface area contributed by atoms with Crippen LogP contribution in [0.25, 0.3) is 33.0 Å². The van der Waals surface area contributed by atoms with Crippen LogP contribution in [0.3, 0.4) is 0 Å². The maximum absolute atomic E-state index is 2.37. The van der Waals surface area contributed by atoms with Gasteiger partial charge in [-0.25, -0.2) is 0 Å².